The van der Waals surface area contributed by atoms with Crippen LogP contribution < -0.4 is 4.90 Å². The van der Waals surface area contributed by atoms with Crippen molar-refractivity contribution in [3.8, 4) is 0 Å². The molecule has 0 atom stereocenters. The number of nitrogens with zero attached hydrogens (tertiary/aromatic N) is 5. The molecule has 132 valence electrons. The summed E-state index contributed by atoms with van der Waals surface area (Å²) in [7, 11) is 2.11. The van der Waals surface area contributed by atoms with Crippen LogP contribution in [0, 0.1) is 0 Å². The first kappa shape index (κ1) is 17.7. The molecule has 0 aromatic carbocycles. The number of amides is 1. The van der Waals surface area contributed by atoms with E-state index in [1.807, 2.05) is 4.90 Å². The van der Waals surface area contributed by atoms with Crippen molar-refractivity contribution < 1.29 is 9.53 Å². The number of likely N-dealkylation sites (N-methyl/N-ethyl adjacent to an activating group) is 1. The van der Waals surface area contributed by atoms with Gasteiger partial charge in [0.2, 0.25) is 5.91 Å². The average molecular weight is 372 g/mol. The van der Waals surface area contributed by atoms with Gasteiger partial charge in [0.05, 0.1) is 19.0 Å². The van der Waals surface area contributed by atoms with Crippen LogP contribution in [0.2, 0.25) is 5.15 Å². The molecule has 0 N–H and O–H groups in total. The van der Waals surface area contributed by atoms with Crippen LogP contribution >= 0.6 is 23.4 Å². The standard InChI is InChI=1S/C15H22ClN5O2S/c1-19-2-4-20(5-3-19)13-10-12(16)17-15(18-13)24-11-14(22)21-6-8-23-9-7-21/h10H,2-9,11H2,1H3. The Morgan fingerprint density at radius 2 is 1.92 bits per heavy atom. The third-order valence-corrected chi connectivity index (χ3v) is 5.20. The Morgan fingerprint density at radius 3 is 2.62 bits per heavy atom. The zero-order valence-corrected chi connectivity index (χ0v) is 15.4. The van der Waals surface area contributed by atoms with Crippen molar-refractivity contribution in [3.63, 3.8) is 0 Å². The molecule has 0 radical (unpaired) electrons. The van der Waals surface area contributed by atoms with Crippen LogP contribution in [0.1, 0.15) is 0 Å². The minimum Gasteiger partial charge on any atom is -0.378 e. The van der Waals surface area contributed by atoms with Crippen molar-refractivity contribution in [2.75, 3.05) is 70.2 Å². The number of thioether (sulfide) groups is 1. The van der Waals surface area contributed by atoms with Crippen LogP contribution in [0.5, 0.6) is 0 Å². The van der Waals surface area contributed by atoms with Gasteiger partial charge in [-0.15, -0.1) is 0 Å². The molecule has 2 aliphatic heterocycles. The second kappa shape index (κ2) is 8.33. The second-order valence-corrected chi connectivity index (χ2v) is 7.23. The first-order valence-electron chi connectivity index (χ1n) is 8.08. The van der Waals surface area contributed by atoms with Gasteiger partial charge in [0.1, 0.15) is 11.0 Å². The topological polar surface area (TPSA) is 61.8 Å². The highest BCUT2D eigenvalue weighted by molar-refractivity contribution is 7.99. The van der Waals surface area contributed by atoms with E-state index in [4.69, 9.17) is 16.3 Å². The number of aromatic nitrogens is 2. The van der Waals surface area contributed by atoms with Gasteiger partial charge in [0, 0.05) is 45.3 Å². The molecule has 0 bridgehead atoms. The van der Waals surface area contributed by atoms with Crippen molar-refractivity contribution >= 4 is 35.1 Å². The second-order valence-electron chi connectivity index (χ2n) is 5.90. The largest absolute Gasteiger partial charge is 0.378 e. The van der Waals surface area contributed by atoms with E-state index < -0.39 is 0 Å². The molecule has 24 heavy (non-hydrogen) atoms. The number of piperazine rings is 1. The first-order chi connectivity index (χ1) is 11.6. The van der Waals surface area contributed by atoms with Crippen molar-refractivity contribution in [1.82, 2.24) is 19.8 Å². The van der Waals surface area contributed by atoms with Crippen LogP contribution in [0.15, 0.2) is 11.2 Å². The number of halogens is 1. The van der Waals surface area contributed by atoms with Gasteiger partial charge in [-0.25, -0.2) is 9.97 Å². The van der Waals surface area contributed by atoms with E-state index in [2.05, 4.69) is 26.8 Å². The predicted octanol–water partition coefficient (Wildman–Crippen LogP) is 0.833. The summed E-state index contributed by atoms with van der Waals surface area (Å²) in [6.45, 7) is 6.36. The lowest BCUT2D eigenvalue weighted by Crippen LogP contribution is -2.44. The highest BCUT2D eigenvalue weighted by Crippen LogP contribution is 2.23. The molecule has 1 aromatic heterocycles. The zero-order valence-electron chi connectivity index (χ0n) is 13.8. The van der Waals surface area contributed by atoms with Gasteiger partial charge < -0.3 is 19.4 Å². The van der Waals surface area contributed by atoms with Crippen LogP contribution in [0.25, 0.3) is 0 Å². The smallest absolute Gasteiger partial charge is 0.233 e. The number of hydrogen-bond acceptors (Lipinski definition) is 7. The molecule has 0 spiro atoms. The number of rotatable bonds is 4. The van der Waals surface area contributed by atoms with Gasteiger partial charge in [0.15, 0.2) is 5.16 Å². The molecule has 2 aliphatic rings. The molecule has 9 heteroatoms. The zero-order chi connectivity index (χ0) is 16.9. The molecule has 0 unspecified atom stereocenters. The fourth-order valence-electron chi connectivity index (χ4n) is 2.68. The van der Waals surface area contributed by atoms with E-state index >= 15 is 0 Å². The Hall–Kier alpha value is -1.09. The van der Waals surface area contributed by atoms with Gasteiger partial charge in [0.25, 0.3) is 0 Å². The maximum Gasteiger partial charge on any atom is 0.233 e. The number of morpholine rings is 1. The normalized spacial score (nSPS) is 19.6. The minimum absolute atomic E-state index is 0.0908. The Kier molecular flexibility index (Phi) is 6.15. The number of anilines is 1. The maximum absolute atomic E-state index is 12.2. The van der Waals surface area contributed by atoms with Crippen LogP contribution in [-0.2, 0) is 9.53 Å². The summed E-state index contributed by atoms with van der Waals surface area (Å²) in [5.74, 6) is 1.25. The van der Waals surface area contributed by atoms with Crippen molar-refractivity contribution in [3.05, 3.63) is 11.2 Å². The highest BCUT2D eigenvalue weighted by Gasteiger charge is 2.19. The van der Waals surface area contributed by atoms with Gasteiger partial charge in [-0.1, -0.05) is 23.4 Å². The molecular formula is C15H22ClN5O2S. The molecule has 0 aliphatic carbocycles. The van der Waals surface area contributed by atoms with E-state index in [1.54, 1.807) is 6.07 Å². The van der Waals surface area contributed by atoms with E-state index in [1.165, 1.54) is 11.8 Å². The van der Waals surface area contributed by atoms with E-state index in [9.17, 15) is 4.79 Å². The summed E-state index contributed by atoms with van der Waals surface area (Å²) >= 11 is 7.49. The van der Waals surface area contributed by atoms with E-state index in [0.29, 0.717) is 42.4 Å². The lowest BCUT2D eigenvalue weighted by molar-refractivity contribution is -0.132. The van der Waals surface area contributed by atoms with Gasteiger partial charge in [-0.2, -0.15) is 0 Å². The highest BCUT2D eigenvalue weighted by atomic mass is 35.5. The molecule has 3 rings (SSSR count). The summed E-state index contributed by atoms with van der Waals surface area (Å²) in [5, 5.41) is 0.971. The summed E-state index contributed by atoms with van der Waals surface area (Å²) in [6, 6.07) is 1.79. The third kappa shape index (κ3) is 4.72. The van der Waals surface area contributed by atoms with Gasteiger partial charge >= 0.3 is 0 Å². The van der Waals surface area contributed by atoms with Gasteiger partial charge in [-0.05, 0) is 7.05 Å². The van der Waals surface area contributed by atoms with Crippen molar-refractivity contribution in [2.24, 2.45) is 0 Å². The number of carbonyl (C=O) groups excluding carboxylic acids is 1. The fourth-order valence-corrected chi connectivity index (χ4v) is 3.66. The van der Waals surface area contributed by atoms with Crippen LogP contribution in [-0.4, -0.2) is 91.0 Å². The fraction of sp³-hybridized carbons (Fsp3) is 0.667. The maximum atomic E-state index is 12.2. The summed E-state index contributed by atoms with van der Waals surface area (Å²) in [5.41, 5.74) is 0. The Balaban J connectivity index is 1.60. The van der Waals surface area contributed by atoms with Gasteiger partial charge in [-0.3, -0.25) is 4.79 Å². The molecule has 1 aromatic rings. The monoisotopic (exact) mass is 371 g/mol. The number of hydrogen-bond donors (Lipinski definition) is 0. The molecule has 0 saturated carbocycles. The number of carbonyl (C=O) groups is 1. The average Bonchev–Trinajstić information content (AvgIpc) is 2.60. The molecule has 2 fully saturated rings. The summed E-state index contributed by atoms with van der Waals surface area (Å²) in [6.07, 6.45) is 0. The molecule has 2 saturated heterocycles. The quantitative estimate of drug-likeness (QED) is 0.441. The lowest BCUT2D eigenvalue weighted by Gasteiger charge is -2.33. The molecule has 1 amide bonds. The number of ether oxygens (including phenoxy) is 1. The Bertz CT molecular complexity index is 577. The van der Waals surface area contributed by atoms with Crippen molar-refractivity contribution in [2.45, 2.75) is 5.16 Å². The van der Waals surface area contributed by atoms with Crippen LogP contribution in [0.3, 0.4) is 0 Å². The molecular weight excluding hydrogens is 350 g/mol. The SMILES string of the molecule is CN1CCN(c2cc(Cl)nc(SCC(=O)N3CCOCC3)n2)CC1. The van der Waals surface area contributed by atoms with Crippen LogP contribution in [0.4, 0.5) is 5.82 Å². The Morgan fingerprint density at radius 1 is 1.21 bits per heavy atom. The lowest BCUT2D eigenvalue weighted by atomic mass is 10.3. The minimum atomic E-state index is 0.0908. The van der Waals surface area contributed by atoms with Crippen molar-refractivity contribution in [1.29, 1.82) is 0 Å². The summed E-state index contributed by atoms with van der Waals surface area (Å²) in [4.78, 5) is 27.4. The predicted molar refractivity (Wildman–Crippen MR) is 94.9 cm³/mol. The first-order valence-corrected chi connectivity index (χ1v) is 9.44. The molecule has 3 heterocycles. The molecule has 7 nitrogen and oxygen atoms in total. The Labute approximate surface area is 151 Å². The van der Waals surface area contributed by atoms with E-state index in [0.717, 1.165) is 32.0 Å². The summed E-state index contributed by atoms with van der Waals surface area (Å²) < 4.78 is 5.27. The third-order valence-electron chi connectivity index (χ3n) is 4.18. The van der Waals surface area contributed by atoms with E-state index in [-0.39, 0.29) is 5.91 Å².